The van der Waals surface area contributed by atoms with Gasteiger partial charge in [0, 0.05) is 6.54 Å². The summed E-state index contributed by atoms with van der Waals surface area (Å²) in [6.45, 7) is 12.1. The van der Waals surface area contributed by atoms with Gasteiger partial charge in [0.15, 0.2) is 0 Å². The lowest BCUT2D eigenvalue weighted by Gasteiger charge is -2.16. The van der Waals surface area contributed by atoms with E-state index in [1.807, 2.05) is 7.05 Å². The van der Waals surface area contributed by atoms with Crippen molar-refractivity contribution in [1.82, 2.24) is 10.6 Å². The first-order valence-electron chi connectivity index (χ1n) is 7.53. The van der Waals surface area contributed by atoms with Gasteiger partial charge in [-0.15, -0.1) is 0 Å². The van der Waals surface area contributed by atoms with E-state index >= 15 is 0 Å². The molecule has 1 unspecified atom stereocenters. The van der Waals surface area contributed by atoms with E-state index in [-0.39, 0.29) is 0 Å². The lowest BCUT2D eigenvalue weighted by Crippen LogP contribution is -2.29. The number of aryl methyl sites for hydroxylation is 1. The van der Waals surface area contributed by atoms with Crippen LogP contribution in [-0.4, -0.2) is 20.1 Å². The van der Waals surface area contributed by atoms with Crippen molar-refractivity contribution in [3.8, 4) is 0 Å². The highest BCUT2D eigenvalue weighted by atomic mass is 14.9. The van der Waals surface area contributed by atoms with Gasteiger partial charge in [0.25, 0.3) is 0 Å². The Kier molecular flexibility index (Phi) is 7.11. The third-order valence-corrected chi connectivity index (χ3v) is 3.86. The summed E-state index contributed by atoms with van der Waals surface area (Å²) in [4.78, 5) is 0. The SMILES string of the molecule is CCC(CNC)CNCc1cc(C(C)C)ccc1C. The summed E-state index contributed by atoms with van der Waals surface area (Å²) in [5, 5.41) is 6.87. The number of benzene rings is 1. The lowest BCUT2D eigenvalue weighted by atomic mass is 9.97. The molecule has 0 heterocycles. The van der Waals surface area contributed by atoms with Crippen molar-refractivity contribution in [2.75, 3.05) is 20.1 Å². The Labute approximate surface area is 119 Å². The van der Waals surface area contributed by atoms with Crippen LogP contribution in [0.4, 0.5) is 0 Å². The van der Waals surface area contributed by atoms with Crippen molar-refractivity contribution in [1.29, 1.82) is 0 Å². The Morgan fingerprint density at radius 1 is 1.16 bits per heavy atom. The summed E-state index contributed by atoms with van der Waals surface area (Å²) in [6, 6.07) is 6.85. The molecule has 0 aliphatic carbocycles. The number of rotatable bonds is 8. The van der Waals surface area contributed by atoms with Crippen molar-refractivity contribution in [2.24, 2.45) is 5.92 Å². The number of nitrogens with one attached hydrogen (secondary N) is 2. The van der Waals surface area contributed by atoms with Crippen LogP contribution in [0.3, 0.4) is 0 Å². The van der Waals surface area contributed by atoms with Gasteiger partial charge in [-0.25, -0.2) is 0 Å². The predicted molar refractivity (Wildman–Crippen MR) is 84.7 cm³/mol. The van der Waals surface area contributed by atoms with Crippen LogP contribution in [-0.2, 0) is 6.54 Å². The van der Waals surface area contributed by atoms with E-state index in [0.29, 0.717) is 5.92 Å². The van der Waals surface area contributed by atoms with Gasteiger partial charge in [0.2, 0.25) is 0 Å². The maximum atomic E-state index is 3.60. The molecular formula is C17H30N2. The standard InChI is InChI=1S/C17H30N2/c1-6-15(10-18-5)11-19-12-17-9-16(13(2)3)8-7-14(17)4/h7-9,13,15,18-19H,6,10-12H2,1-5H3. The largest absolute Gasteiger partial charge is 0.319 e. The highest BCUT2D eigenvalue weighted by Gasteiger charge is 2.06. The molecule has 0 spiro atoms. The predicted octanol–water partition coefficient (Wildman–Crippen LogP) is 3.45. The van der Waals surface area contributed by atoms with E-state index in [2.05, 4.69) is 56.5 Å². The molecule has 1 aromatic rings. The molecule has 0 saturated heterocycles. The molecule has 0 saturated carbocycles. The average Bonchev–Trinajstić information content (AvgIpc) is 2.39. The Morgan fingerprint density at radius 2 is 1.89 bits per heavy atom. The molecule has 0 amide bonds. The summed E-state index contributed by atoms with van der Waals surface area (Å²) in [6.07, 6.45) is 1.22. The second kappa shape index (κ2) is 8.34. The first-order chi connectivity index (χ1) is 9.08. The van der Waals surface area contributed by atoms with Crippen LogP contribution in [0.1, 0.15) is 49.8 Å². The molecule has 0 radical (unpaired) electrons. The summed E-state index contributed by atoms with van der Waals surface area (Å²) in [7, 11) is 2.03. The van der Waals surface area contributed by atoms with Crippen molar-refractivity contribution >= 4 is 0 Å². The lowest BCUT2D eigenvalue weighted by molar-refractivity contribution is 0.444. The minimum atomic E-state index is 0.604. The number of hydrogen-bond acceptors (Lipinski definition) is 2. The van der Waals surface area contributed by atoms with Gasteiger partial charge in [-0.2, -0.15) is 0 Å². The minimum Gasteiger partial charge on any atom is -0.319 e. The molecule has 2 heteroatoms. The normalized spacial score (nSPS) is 12.9. The van der Waals surface area contributed by atoms with E-state index in [4.69, 9.17) is 0 Å². The third-order valence-electron chi connectivity index (χ3n) is 3.86. The highest BCUT2D eigenvalue weighted by Crippen LogP contribution is 2.18. The van der Waals surface area contributed by atoms with E-state index in [0.717, 1.165) is 25.6 Å². The van der Waals surface area contributed by atoms with E-state index in [1.165, 1.54) is 23.1 Å². The van der Waals surface area contributed by atoms with Crippen LogP contribution >= 0.6 is 0 Å². The van der Waals surface area contributed by atoms with Crippen LogP contribution in [0.15, 0.2) is 18.2 Å². The molecule has 0 aliphatic heterocycles. The van der Waals surface area contributed by atoms with E-state index in [9.17, 15) is 0 Å². The molecule has 0 aliphatic rings. The Hall–Kier alpha value is -0.860. The maximum Gasteiger partial charge on any atom is 0.0208 e. The fourth-order valence-electron chi connectivity index (χ4n) is 2.30. The van der Waals surface area contributed by atoms with Crippen molar-refractivity contribution < 1.29 is 0 Å². The van der Waals surface area contributed by atoms with Gasteiger partial charge in [0.1, 0.15) is 0 Å². The quantitative estimate of drug-likeness (QED) is 0.750. The average molecular weight is 262 g/mol. The fourth-order valence-corrected chi connectivity index (χ4v) is 2.30. The van der Waals surface area contributed by atoms with Crippen molar-refractivity contribution in [3.63, 3.8) is 0 Å². The fraction of sp³-hybridized carbons (Fsp3) is 0.647. The molecule has 19 heavy (non-hydrogen) atoms. The Bertz CT molecular complexity index is 372. The second-order valence-corrected chi connectivity index (χ2v) is 5.80. The molecule has 1 rings (SSSR count). The topological polar surface area (TPSA) is 24.1 Å². The van der Waals surface area contributed by atoms with Crippen LogP contribution in [0.25, 0.3) is 0 Å². The van der Waals surface area contributed by atoms with Gasteiger partial charge in [-0.05, 0) is 55.6 Å². The molecule has 108 valence electrons. The smallest absolute Gasteiger partial charge is 0.0208 e. The third kappa shape index (κ3) is 5.33. The molecule has 1 atom stereocenters. The molecule has 0 aromatic heterocycles. The summed E-state index contributed by atoms with van der Waals surface area (Å²) < 4.78 is 0. The second-order valence-electron chi connectivity index (χ2n) is 5.80. The molecular weight excluding hydrogens is 232 g/mol. The van der Waals surface area contributed by atoms with Gasteiger partial charge in [0.05, 0.1) is 0 Å². The molecule has 2 N–H and O–H groups in total. The first-order valence-corrected chi connectivity index (χ1v) is 7.53. The summed E-state index contributed by atoms with van der Waals surface area (Å²) in [5.74, 6) is 1.32. The van der Waals surface area contributed by atoms with E-state index in [1.54, 1.807) is 0 Å². The Morgan fingerprint density at radius 3 is 2.47 bits per heavy atom. The maximum absolute atomic E-state index is 3.60. The highest BCUT2D eigenvalue weighted by molar-refractivity contribution is 5.32. The molecule has 1 aromatic carbocycles. The van der Waals surface area contributed by atoms with Gasteiger partial charge in [-0.3, -0.25) is 0 Å². The molecule has 0 fully saturated rings. The van der Waals surface area contributed by atoms with E-state index < -0.39 is 0 Å². The van der Waals surface area contributed by atoms with Gasteiger partial charge < -0.3 is 10.6 Å². The zero-order valence-electron chi connectivity index (χ0n) is 13.2. The van der Waals surface area contributed by atoms with Crippen LogP contribution in [0.2, 0.25) is 0 Å². The zero-order valence-corrected chi connectivity index (χ0v) is 13.2. The van der Waals surface area contributed by atoms with Gasteiger partial charge in [-0.1, -0.05) is 45.4 Å². The Balaban J connectivity index is 2.54. The zero-order chi connectivity index (χ0) is 14.3. The summed E-state index contributed by atoms with van der Waals surface area (Å²) in [5.41, 5.74) is 4.26. The van der Waals surface area contributed by atoms with Crippen LogP contribution in [0.5, 0.6) is 0 Å². The van der Waals surface area contributed by atoms with Gasteiger partial charge >= 0.3 is 0 Å². The summed E-state index contributed by atoms with van der Waals surface area (Å²) >= 11 is 0. The van der Waals surface area contributed by atoms with Crippen molar-refractivity contribution in [2.45, 2.75) is 46.6 Å². The van der Waals surface area contributed by atoms with Crippen molar-refractivity contribution in [3.05, 3.63) is 34.9 Å². The molecule has 2 nitrogen and oxygen atoms in total. The number of hydrogen-bond donors (Lipinski definition) is 2. The first kappa shape index (κ1) is 16.2. The monoisotopic (exact) mass is 262 g/mol. The molecule has 0 bridgehead atoms. The minimum absolute atomic E-state index is 0.604. The van der Waals surface area contributed by atoms with Crippen LogP contribution < -0.4 is 10.6 Å². The van der Waals surface area contributed by atoms with Crippen LogP contribution in [0, 0.1) is 12.8 Å².